The van der Waals surface area contributed by atoms with E-state index in [9.17, 15) is 4.79 Å². The summed E-state index contributed by atoms with van der Waals surface area (Å²) in [6, 6.07) is 5.94. The fourth-order valence-corrected chi connectivity index (χ4v) is 8.33. The summed E-state index contributed by atoms with van der Waals surface area (Å²) < 4.78 is 18.0. The SMILES string of the molecule is C=C1CC[C@@H]2[C@]3(C)COC(C)(C)O[C@@H]3CC[C@@]2(C)[C@@H]1CC(Sc1ccccn1)C1=CCOC1=O. The largest absolute Gasteiger partial charge is 0.458 e. The Labute approximate surface area is 207 Å². The van der Waals surface area contributed by atoms with Gasteiger partial charge in [0.05, 0.1) is 17.7 Å². The zero-order valence-electron chi connectivity index (χ0n) is 20.8. The lowest BCUT2D eigenvalue weighted by atomic mass is 9.46. The summed E-state index contributed by atoms with van der Waals surface area (Å²) in [5.41, 5.74) is 2.16. The molecule has 5 nitrogen and oxygen atoms in total. The Hall–Kier alpha value is -1.63. The first-order valence-corrected chi connectivity index (χ1v) is 13.4. The molecule has 5 rings (SSSR count). The van der Waals surface area contributed by atoms with Crippen molar-refractivity contribution in [2.45, 2.75) is 82.0 Å². The number of carbonyl (C=O) groups is 1. The van der Waals surface area contributed by atoms with Crippen LogP contribution in [0, 0.1) is 22.7 Å². The maximum atomic E-state index is 12.6. The number of ether oxygens (including phenoxy) is 3. The van der Waals surface area contributed by atoms with Gasteiger partial charge in [0, 0.05) is 22.4 Å². The molecule has 3 fully saturated rings. The van der Waals surface area contributed by atoms with Crippen molar-refractivity contribution in [2.75, 3.05) is 13.2 Å². The molecule has 0 spiro atoms. The number of carbonyl (C=O) groups excluding carboxylic acids is 1. The van der Waals surface area contributed by atoms with Gasteiger partial charge >= 0.3 is 5.97 Å². The normalized spacial score (nSPS) is 37.9. The van der Waals surface area contributed by atoms with E-state index < -0.39 is 5.79 Å². The van der Waals surface area contributed by atoms with Crippen molar-refractivity contribution in [3.63, 3.8) is 0 Å². The van der Waals surface area contributed by atoms with E-state index in [0.717, 1.165) is 49.3 Å². The Morgan fingerprint density at radius 1 is 1.21 bits per heavy atom. The lowest BCUT2D eigenvalue weighted by Gasteiger charge is -2.63. The molecule has 34 heavy (non-hydrogen) atoms. The molecule has 1 aromatic rings. The minimum atomic E-state index is -0.519. The molecule has 1 unspecified atom stereocenters. The Balaban J connectivity index is 1.45. The van der Waals surface area contributed by atoms with E-state index >= 15 is 0 Å². The van der Waals surface area contributed by atoms with Crippen LogP contribution in [-0.2, 0) is 19.0 Å². The molecular weight excluding hydrogens is 446 g/mol. The number of rotatable bonds is 5. The number of esters is 1. The third-order valence-electron chi connectivity index (χ3n) is 8.92. The molecule has 6 heteroatoms. The van der Waals surface area contributed by atoms with E-state index in [-0.39, 0.29) is 28.2 Å². The first kappa shape index (κ1) is 24.1. The van der Waals surface area contributed by atoms with Gasteiger partial charge in [0.1, 0.15) is 6.61 Å². The van der Waals surface area contributed by atoms with Gasteiger partial charge < -0.3 is 14.2 Å². The van der Waals surface area contributed by atoms with E-state index in [0.29, 0.717) is 18.4 Å². The molecule has 2 aliphatic heterocycles. The van der Waals surface area contributed by atoms with E-state index in [1.807, 2.05) is 44.3 Å². The number of cyclic esters (lactones) is 1. The maximum Gasteiger partial charge on any atom is 0.335 e. The van der Waals surface area contributed by atoms with E-state index in [1.165, 1.54) is 5.57 Å². The molecule has 6 atom stereocenters. The molecule has 0 radical (unpaired) electrons. The molecule has 2 saturated carbocycles. The first-order valence-electron chi connectivity index (χ1n) is 12.6. The molecule has 0 amide bonds. The average Bonchev–Trinajstić information content (AvgIpc) is 3.22. The van der Waals surface area contributed by atoms with Crippen LogP contribution in [0.15, 0.2) is 53.2 Å². The van der Waals surface area contributed by atoms with Crippen LogP contribution in [-0.4, -0.2) is 41.3 Å². The summed E-state index contributed by atoms with van der Waals surface area (Å²) in [5, 5.41) is 0.925. The van der Waals surface area contributed by atoms with Crippen molar-refractivity contribution < 1.29 is 19.0 Å². The van der Waals surface area contributed by atoms with Crippen molar-refractivity contribution in [3.8, 4) is 0 Å². The first-order chi connectivity index (χ1) is 16.1. The number of fused-ring (bicyclic) bond motifs is 3. The summed E-state index contributed by atoms with van der Waals surface area (Å²) in [6.45, 7) is 14.5. The third-order valence-corrected chi connectivity index (χ3v) is 10.1. The van der Waals surface area contributed by atoms with Gasteiger partial charge in [-0.2, -0.15) is 0 Å². The van der Waals surface area contributed by atoms with Crippen LogP contribution in [0.5, 0.6) is 0 Å². The van der Waals surface area contributed by atoms with Crippen LogP contribution in [0.1, 0.15) is 59.8 Å². The van der Waals surface area contributed by atoms with E-state index in [1.54, 1.807) is 11.8 Å². The molecule has 4 aliphatic rings. The molecule has 0 N–H and O–H groups in total. The molecular formula is C28H37NO4S. The second kappa shape index (κ2) is 8.79. The fourth-order valence-electron chi connectivity index (χ4n) is 7.15. The number of hydrogen-bond acceptors (Lipinski definition) is 6. The van der Waals surface area contributed by atoms with E-state index in [2.05, 4.69) is 25.4 Å². The second-order valence-electron chi connectivity index (χ2n) is 11.4. The highest BCUT2D eigenvalue weighted by atomic mass is 32.2. The van der Waals surface area contributed by atoms with Crippen molar-refractivity contribution in [1.82, 2.24) is 4.98 Å². The van der Waals surface area contributed by atoms with Gasteiger partial charge in [0.15, 0.2) is 5.79 Å². The predicted octanol–water partition coefficient (Wildman–Crippen LogP) is 5.96. The van der Waals surface area contributed by atoms with Crippen LogP contribution in [0.25, 0.3) is 0 Å². The van der Waals surface area contributed by atoms with Gasteiger partial charge in [-0.1, -0.05) is 43.8 Å². The molecule has 184 valence electrons. The standard InChI is InChI=1S/C28H37NO4S/c1-18-9-10-22-27(4,13-11-23-28(22,5)17-32-26(2,3)33-23)20(18)16-21(19-12-15-31-25(19)30)34-24-8-6-7-14-29-24/h6-8,12,14,20-23H,1,9-11,13,15-17H2,2-5H3/t20-,21?,22+,23-,27+,28+/m1/s1. The Bertz CT molecular complexity index is 991. The number of thioether (sulfide) groups is 1. The molecule has 2 aliphatic carbocycles. The summed E-state index contributed by atoms with van der Waals surface area (Å²) >= 11 is 1.67. The average molecular weight is 484 g/mol. The molecule has 0 bridgehead atoms. The summed E-state index contributed by atoms with van der Waals surface area (Å²) in [5.74, 6) is 0.0864. The summed E-state index contributed by atoms with van der Waals surface area (Å²) in [7, 11) is 0. The lowest BCUT2D eigenvalue weighted by molar-refractivity contribution is -0.344. The monoisotopic (exact) mass is 483 g/mol. The summed E-state index contributed by atoms with van der Waals surface area (Å²) in [4.78, 5) is 17.1. The van der Waals surface area contributed by atoms with Gasteiger partial charge in [0.2, 0.25) is 0 Å². The zero-order valence-corrected chi connectivity index (χ0v) is 21.7. The van der Waals surface area contributed by atoms with Crippen molar-refractivity contribution in [2.24, 2.45) is 22.7 Å². The van der Waals surface area contributed by atoms with Crippen molar-refractivity contribution >= 4 is 17.7 Å². The number of allylic oxidation sites excluding steroid dienone is 1. The maximum absolute atomic E-state index is 12.6. The smallest absolute Gasteiger partial charge is 0.335 e. The number of pyridine rings is 1. The number of hydrogen-bond donors (Lipinski definition) is 0. The highest BCUT2D eigenvalue weighted by Crippen LogP contribution is 2.64. The van der Waals surface area contributed by atoms with Crippen molar-refractivity contribution in [3.05, 3.63) is 48.2 Å². The third kappa shape index (κ3) is 4.16. The predicted molar refractivity (Wildman–Crippen MR) is 133 cm³/mol. The number of aromatic nitrogens is 1. The zero-order chi connectivity index (χ0) is 24.1. The van der Waals surface area contributed by atoms with Crippen LogP contribution < -0.4 is 0 Å². The van der Waals surface area contributed by atoms with Crippen LogP contribution in [0.2, 0.25) is 0 Å². The van der Waals surface area contributed by atoms with Gasteiger partial charge in [0.25, 0.3) is 0 Å². The fraction of sp³-hybridized carbons (Fsp3) is 0.643. The quantitative estimate of drug-likeness (QED) is 0.293. The lowest BCUT2D eigenvalue weighted by Crippen LogP contribution is -2.63. The highest BCUT2D eigenvalue weighted by Gasteiger charge is 2.61. The molecule has 1 aromatic heterocycles. The van der Waals surface area contributed by atoms with Gasteiger partial charge in [-0.15, -0.1) is 0 Å². The minimum absolute atomic E-state index is 0.00876. The van der Waals surface area contributed by atoms with Gasteiger partial charge in [-0.25, -0.2) is 9.78 Å². The highest BCUT2D eigenvalue weighted by molar-refractivity contribution is 8.00. The minimum Gasteiger partial charge on any atom is -0.458 e. The van der Waals surface area contributed by atoms with Crippen LogP contribution >= 0.6 is 11.8 Å². The number of nitrogens with zero attached hydrogens (tertiary/aromatic N) is 1. The van der Waals surface area contributed by atoms with Gasteiger partial charge in [-0.3, -0.25) is 0 Å². The Kier molecular flexibility index (Phi) is 6.23. The molecule has 3 heterocycles. The van der Waals surface area contributed by atoms with Gasteiger partial charge in [-0.05, 0) is 81.4 Å². The van der Waals surface area contributed by atoms with Crippen molar-refractivity contribution in [1.29, 1.82) is 0 Å². The van der Waals surface area contributed by atoms with Crippen LogP contribution in [0.4, 0.5) is 0 Å². The molecule has 1 saturated heterocycles. The Morgan fingerprint density at radius 3 is 2.74 bits per heavy atom. The molecule has 0 aromatic carbocycles. The topological polar surface area (TPSA) is 57.6 Å². The second-order valence-corrected chi connectivity index (χ2v) is 12.6. The van der Waals surface area contributed by atoms with E-state index in [4.69, 9.17) is 14.2 Å². The Morgan fingerprint density at radius 2 is 2.03 bits per heavy atom. The van der Waals surface area contributed by atoms with Crippen LogP contribution in [0.3, 0.4) is 0 Å². The summed E-state index contributed by atoms with van der Waals surface area (Å²) in [6.07, 6.45) is 9.11.